The molecule has 2 atom stereocenters. The highest BCUT2D eigenvalue weighted by atomic mass is 35.5. The largest absolute Gasteiger partial charge is 0.361 e. The molecule has 0 radical (unpaired) electrons. The first-order valence-corrected chi connectivity index (χ1v) is 10.2. The number of aromatic nitrogens is 4. The van der Waals surface area contributed by atoms with E-state index in [9.17, 15) is 0 Å². The van der Waals surface area contributed by atoms with Gasteiger partial charge in [-0.1, -0.05) is 16.8 Å². The van der Waals surface area contributed by atoms with E-state index in [1.54, 1.807) is 0 Å². The first kappa shape index (κ1) is 15.9. The number of fused-ring (bicyclic) bond motifs is 6. The van der Waals surface area contributed by atoms with Crippen molar-refractivity contribution >= 4 is 11.6 Å². The molecule has 0 saturated heterocycles. The van der Waals surface area contributed by atoms with Gasteiger partial charge in [-0.3, -0.25) is 4.57 Å². The van der Waals surface area contributed by atoms with Gasteiger partial charge in [0.1, 0.15) is 17.4 Å². The Kier molecular flexibility index (Phi) is 3.34. The number of nitrogens with zero attached hydrogens (tertiary/aromatic N) is 4. The van der Waals surface area contributed by atoms with Gasteiger partial charge < -0.3 is 4.52 Å². The first-order valence-electron chi connectivity index (χ1n) is 9.87. The van der Waals surface area contributed by atoms with Crippen LogP contribution in [0.2, 0.25) is 5.02 Å². The predicted octanol–water partition coefficient (Wildman–Crippen LogP) is 5.24. The zero-order chi connectivity index (χ0) is 18.1. The van der Waals surface area contributed by atoms with Crippen LogP contribution in [-0.4, -0.2) is 19.9 Å². The van der Waals surface area contributed by atoms with Crippen molar-refractivity contribution in [2.24, 2.45) is 0 Å². The maximum atomic E-state index is 6.27. The Morgan fingerprint density at radius 1 is 1.00 bits per heavy atom. The highest BCUT2D eigenvalue weighted by Crippen LogP contribution is 2.59. The van der Waals surface area contributed by atoms with E-state index in [-0.39, 0.29) is 0 Å². The number of hydrogen-bond donors (Lipinski definition) is 0. The topological polar surface area (TPSA) is 56.7 Å². The van der Waals surface area contributed by atoms with Crippen molar-refractivity contribution in [2.45, 2.75) is 62.7 Å². The van der Waals surface area contributed by atoms with Gasteiger partial charge in [-0.25, -0.2) is 0 Å². The van der Waals surface area contributed by atoms with Crippen molar-refractivity contribution in [1.29, 1.82) is 0 Å². The SMILES string of the molecule is Cc1cc(C2CCC(c3nnc4n3-c3ccc(Cl)cc3[C@H]3C[C@@H]43)CC2)no1. The minimum absolute atomic E-state index is 0.453. The summed E-state index contributed by atoms with van der Waals surface area (Å²) in [5, 5.41) is 14.3. The molecule has 2 aliphatic carbocycles. The van der Waals surface area contributed by atoms with E-state index in [1.807, 2.05) is 13.0 Å². The molecule has 6 rings (SSSR count). The molecular formula is C21H21ClN4O. The van der Waals surface area contributed by atoms with Gasteiger partial charge in [-0.2, -0.15) is 0 Å². The Hall–Kier alpha value is -2.14. The fraction of sp³-hybridized carbons (Fsp3) is 0.476. The summed E-state index contributed by atoms with van der Waals surface area (Å²) in [4.78, 5) is 0. The van der Waals surface area contributed by atoms with Gasteiger partial charge >= 0.3 is 0 Å². The molecule has 0 unspecified atom stereocenters. The average molecular weight is 381 g/mol. The third-order valence-corrected chi connectivity index (χ3v) is 6.86. The quantitative estimate of drug-likeness (QED) is 0.609. The number of benzene rings is 1. The summed E-state index contributed by atoms with van der Waals surface area (Å²) in [6.07, 6.45) is 5.65. The lowest BCUT2D eigenvalue weighted by Crippen LogP contribution is -2.18. The summed E-state index contributed by atoms with van der Waals surface area (Å²) < 4.78 is 7.61. The molecule has 1 aliphatic heterocycles. The van der Waals surface area contributed by atoms with Crippen LogP contribution in [0, 0.1) is 6.92 Å². The van der Waals surface area contributed by atoms with Crippen molar-refractivity contribution in [1.82, 2.24) is 19.9 Å². The molecule has 3 aliphatic rings. The van der Waals surface area contributed by atoms with Crippen LogP contribution in [0.15, 0.2) is 28.8 Å². The molecule has 6 heteroatoms. The first-order chi connectivity index (χ1) is 13.2. The maximum absolute atomic E-state index is 6.27. The lowest BCUT2D eigenvalue weighted by atomic mass is 9.80. The van der Waals surface area contributed by atoms with E-state index in [2.05, 4.69) is 38.1 Å². The van der Waals surface area contributed by atoms with Crippen LogP contribution < -0.4 is 0 Å². The van der Waals surface area contributed by atoms with Gasteiger partial charge in [0.25, 0.3) is 0 Å². The molecule has 2 fully saturated rings. The van der Waals surface area contributed by atoms with Crippen LogP contribution in [0.4, 0.5) is 0 Å². The monoisotopic (exact) mass is 380 g/mol. The molecule has 2 saturated carbocycles. The summed E-state index contributed by atoms with van der Waals surface area (Å²) in [7, 11) is 0. The normalized spacial score (nSPS) is 28.4. The minimum Gasteiger partial charge on any atom is -0.361 e. The van der Waals surface area contributed by atoms with E-state index in [4.69, 9.17) is 16.1 Å². The maximum Gasteiger partial charge on any atom is 0.141 e. The molecule has 3 aromatic rings. The summed E-state index contributed by atoms with van der Waals surface area (Å²) in [5.74, 6) is 5.23. The molecule has 0 bridgehead atoms. The van der Waals surface area contributed by atoms with Crippen LogP contribution in [0.25, 0.3) is 5.69 Å². The lowest BCUT2D eigenvalue weighted by Gasteiger charge is -2.28. The molecule has 2 aromatic heterocycles. The molecular weight excluding hydrogens is 360 g/mol. The second-order valence-corrected chi connectivity index (χ2v) is 8.75. The van der Waals surface area contributed by atoms with Crippen molar-refractivity contribution < 1.29 is 4.52 Å². The third kappa shape index (κ3) is 2.40. The van der Waals surface area contributed by atoms with Crippen LogP contribution in [0.5, 0.6) is 0 Å². The highest BCUT2D eigenvalue weighted by molar-refractivity contribution is 6.30. The Morgan fingerprint density at radius 3 is 2.56 bits per heavy atom. The van der Waals surface area contributed by atoms with Crippen molar-refractivity contribution in [3.8, 4) is 5.69 Å². The summed E-state index contributed by atoms with van der Waals surface area (Å²) in [6.45, 7) is 1.96. The molecule has 1 aromatic carbocycles. The highest BCUT2D eigenvalue weighted by Gasteiger charge is 2.49. The van der Waals surface area contributed by atoms with Crippen LogP contribution in [0.1, 0.15) is 84.4 Å². The van der Waals surface area contributed by atoms with Crippen LogP contribution in [0.3, 0.4) is 0 Å². The van der Waals surface area contributed by atoms with E-state index in [0.29, 0.717) is 23.7 Å². The average Bonchev–Trinajstić information content (AvgIpc) is 3.17. The second kappa shape index (κ2) is 5.68. The molecule has 138 valence electrons. The van der Waals surface area contributed by atoms with Crippen LogP contribution in [-0.2, 0) is 0 Å². The predicted molar refractivity (Wildman–Crippen MR) is 102 cm³/mol. The van der Waals surface area contributed by atoms with Gasteiger partial charge in [0.2, 0.25) is 0 Å². The summed E-state index contributed by atoms with van der Waals surface area (Å²) in [5.41, 5.74) is 3.71. The van der Waals surface area contributed by atoms with E-state index in [1.165, 1.54) is 17.7 Å². The fourth-order valence-electron chi connectivity index (χ4n) is 5.14. The number of rotatable bonds is 2. The van der Waals surface area contributed by atoms with Gasteiger partial charge in [0, 0.05) is 28.8 Å². The van der Waals surface area contributed by atoms with Crippen molar-refractivity contribution in [3.05, 3.63) is 58.0 Å². The zero-order valence-electron chi connectivity index (χ0n) is 15.2. The minimum atomic E-state index is 0.453. The summed E-state index contributed by atoms with van der Waals surface area (Å²) in [6, 6.07) is 8.35. The van der Waals surface area contributed by atoms with Gasteiger partial charge in [-0.05, 0) is 68.7 Å². The smallest absolute Gasteiger partial charge is 0.141 e. The van der Waals surface area contributed by atoms with Gasteiger partial charge in [-0.15, -0.1) is 10.2 Å². The molecule has 0 spiro atoms. The molecule has 0 amide bonds. The fourth-order valence-corrected chi connectivity index (χ4v) is 5.32. The summed E-state index contributed by atoms with van der Waals surface area (Å²) >= 11 is 6.27. The lowest BCUT2D eigenvalue weighted by molar-refractivity contribution is 0.347. The van der Waals surface area contributed by atoms with Crippen molar-refractivity contribution in [3.63, 3.8) is 0 Å². The standard InChI is InChI=1S/C21H21ClN4O/c1-11-8-18(25-27-11)12-2-4-13(5-3-12)20-23-24-21-17-10-15(17)16-9-14(22)6-7-19(16)26(20)21/h6-9,12-13,15,17H,2-5,10H2,1H3/t12?,13?,15-,17-/m1/s1. The molecule has 5 nitrogen and oxygen atoms in total. The number of aryl methyl sites for hydroxylation is 1. The van der Waals surface area contributed by atoms with E-state index < -0.39 is 0 Å². The molecule has 27 heavy (non-hydrogen) atoms. The van der Waals surface area contributed by atoms with Crippen molar-refractivity contribution in [2.75, 3.05) is 0 Å². The Bertz CT molecular complexity index is 1030. The zero-order valence-corrected chi connectivity index (χ0v) is 16.0. The second-order valence-electron chi connectivity index (χ2n) is 8.31. The van der Waals surface area contributed by atoms with Crippen LogP contribution >= 0.6 is 11.6 Å². The Labute approximate surface area is 162 Å². The molecule has 0 N–H and O–H groups in total. The van der Waals surface area contributed by atoms with Gasteiger partial charge in [0.15, 0.2) is 0 Å². The van der Waals surface area contributed by atoms with Gasteiger partial charge in [0.05, 0.1) is 11.4 Å². The Morgan fingerprint density at radius 2 is 1.78 bits per heavy atom. The number of halogens is 1. The van der Waals surface area contributed by atoms with E-state index >= 15 is 0 Å². The Balaban J connectivity index is 1.31. The molecule has 3 heterocycles. The third-order valence-electron chi connectivity index (χ3n) is 6.62. The van der Waals surface area contributed by atoms with E-state index in [0.717, 1.165) is 53.8 Å². The number of hydrogen-bond acceptors (Lipinski definition) is 4.